The van der Waals surface area contributed by atoms with Gasteiger partial charge in [0.2, 0.25) is 5.91 Å². The minimum absolute atomic E-state index is 0.260. The van der Waals surface area contributed by atoms with E-state index in [2.05, 4.69) is 5.32 Å². The first-order valence-corrected chi connectivity index (χ1v) is 7.32. The van der Waals surface area contributed by atoms with Gasteiger partial charge in [-0.1, -0.05) is 17.7 Å². The molecule has 0 radical (unpaired) electrons. The van der Waals surface area contributed by atoms with Crippen LogP contribution < -0.4 is 5.32 Å². The third-order valence-corrected chi connectivity index (χ3v) is 4.81. The van der Waals surface area contributed by atoms with Crippen molar-refractivity contribution in [3.63, 3.8) is 0 Å². The van der Waals surface area contributed by atoms with Crippen molar-refractivity contribution < 1.29 is 19.1 Å². The molecule has 2 fully saturated rings. The lowest BCUT2D eigenvalue weighted by Crippen LogP contribution is -2.59. The standard InChI is InChI=1S/C15H15ClFNO3/c16-10-3-1-4-11(17)12(10)8-7-9(8)13(19)18-15(14(20)21)5-2-6-15/h1,3-4,8-9H,2,5-7H2,(H,18,19)(H,20,21)/t8-,9+/m0/s1. The number of carboxylic acid groups (broad SMARTS) is 1. The van der Waals surface area contributed by atoms with Crippen molar-refractivity contribution in [2.24, 2.45) is 5.92 Å². The first kappa shape index (κ1) is 14.3. The van der Waals surface area contributed by atoms with Gasteiger partial charge in [-0.05, 0) is 37.8 Å². The van der Waals surface area contributed by atoms with E-state index in [1.54, 1.807) is 6.07 Å². The maximum atomic E-state index is 13.8. The molecule has 0 aliphatic heterocycles. The first-order chi connectivity index (χ1) is 9.94. The van der Waals surface area contributed by atoms with E-state index in [-0.39, 0.29) is 11.8 Å². The molecule has 2 aliphatic carbocycles. The topological polar surface area (TPSA) is 66.4 Å². The average molecular weight is 312 g/mol. The summed E-state index contributed by atoms with van der Waals surface area (Å²) in [6, 6.07) is 4.43. The molecule has 2 N–H and O–H groups in total. The van der Waals surface area contributed by atoms with E-state index in [0.29, 0.717) is 29.8 Å². The van der Waals surface area contributed by atoms with E-state index in [9.17, 15) is 19.1 Å². The monoisotopic (exact) mass is 311 g/mol. The Kier molecular flexibility index (Phi) is 3.40. The summed E-state index contributed by atoms with van der Waals surface area (Å²) in [7, 11) is 0. The number of carbonyl (C=O) groups excluding carboxylic acids is 1. The van der Waals surface area contributed by atoms with Gasteiger partial charge < -0.3 is 10.4 Å². The van der Waals surface area contributed by atoms with Gasteiger partial charge in [0.1, 0.15) is 11.4 Å². The number of carboxylic acids is 1. The van der Waals surface area contributed by atoms with Crippen LogP contribution in [0.1, 0.15) is 37.2 Å². The van der Waals surface area contributed by atoms with Crippen LogP contribution in [0.25, 0.3) is 0 Å². The maximum Gasteiger partial charge on any atom is 0.329 e. The van der Waals surface area contributed by atoms with Crippen LogP contribution in [0.4, 0.5) is 4.39 Å². The highest BCUT2D eigenvalue weighted by molar-refractivity contribution is 6.31. The van der Waals surface area contributed by atoms with Crippen LogP contribution in [0.2, 0.25) is 5.02 Å². The van der Waals surface area contributed by atoms with E-state index in [0.717, 1.165) is 6.42 Å². The van der Waals surface area contributed by atoms with Crippen molar-refractivity contribution >= 4 is 23.5 Å². The highest BCUT2D eigenvalue weighted by atomic mass is 35.5. The van der Waals surface area contributed by atoms with Gasteiger partial charge in [-0.3, -0.25) is 4.79 Å². The van der Waals surface area contributed by atoms with Crippen molar-refractivity contribution in [3.05, 3.63) is 34.6 Å². The van der Waals surface area contributed by atoms with Crippen LogP contribution in [-0.2, 0) is 9.59 Å². The Labute approximate surface area is 126 Å². The second kappa shape index (κ2) is 4.98. The lowest BCUT2D eigenvalue weighted by atomic mass is 9.76. The Morgan fingerprint density at radius 2 is 2.10 bits per heavy atom. The SMILES string of the molecule is O=C(NC1(C(=O)O)CCC1)[C@@H]1C[C@@H]1c1c(F)cccc1Cl. The van der Waals surface area contributed by atoms with E-state index in [4.69, 9.17) is 11.6 Å². The Bertz CT molecular complexity index is 595. The first-order valence-electron chi connectivity index (χ1n) is 6.94. The van der Waals surface area contributed by atoms with Crippen molar-refractivity contribution in [2.75, 3.05) is 0 Å². The molecule has 6 heteroatoms. The molecule has 4 nitrogen and oxygen atoms in total. The lowest BCUT2D eigenvalue weighted by Gasteiger charge is -2.38. The molecule has 2 saturated carbocycles. The number of carbonyl (C=O) groups is 2. The summed E-state index contributed by atoms with van der Waals surface area (Å²) in [5.74, 6) is -2.38. The van der Waals surface area contributed by atoms with Gasteiger partial charge in [-0.25, -0.2) is 9.18 Å². The quantitative estimate of drug-likeness (QED) is 0.898. The van der Waals surface area contributed by atoms with E-state index in [1.807, 2.05) is 0 Å². The molecular formula is C15H15ClFNO3. The zero-order valence-corrected chi connectivity index (χ0v) is 12.0. The smallest absolute Gasteiger partial charge is 0.329 e. The number of halogens is 2. The molecule has 0 aromatic heterocycles. The molecule has 2 atom stereocenters. The van der Waals surface area contributed by atoms with Crippen LogP contribution >= 0.6 is 11.6 Å². The van der Waals surface area contributed by atoms with Gasteiger partial charge in [0.05, 0.1) is 0 Å². The van der Waals surface area contributed by atoms with E-state index in [1.165, 1.54) is 12.1 Å². The molecule has 112 valence electrons. The lowest BCUT2D eigenvalue weighted by molar-refractivity contribution is -0.152. The molecule has 0 heterocycles. The fourth-order valence-corrected chi connectivity index (χ4v) is 3.22. The van der Waals surface area contributed by atoms with Gasteiger partial charge in [-0.2, -0.15) is 0 Å². The van der Waals surface area contributed by atoms with Crippen molar-refractivity contribution in [1.82, 2.24) is 5.32 Å². The molecule has 0 bridgehead atoms. The average Bonchev–Trinajstić information content (AvgIpc) is 3.13. The van der Waals surface area contributed by atoms with Crippen molar-refractivity contribution in [2.45, 2.75) is 37.1 Å². The molecule has 1 aromatic carbocycles. The van der Waals surface area contributed by atoms with Gasteiger partial charge in [0, 0.05) is 22.4 Å². The molecule has 21 heavy (non-hydrogen) atoms. The number of amides is 1. The molecule has 2 aliphatic rings. The van der Waals surface area contributed by atoms with E-state index >= 15 is 0 Å². The summed E-state index contributed by atoms with van der Waals surface area (Å²) in [6.45, 7) is 0. The normalized spacial score (nSPS) is 25.8. The molecule has 1 amide bonds. The highest BCUT2D eigenvalue weighted by Crippen LogP contribution is 2.51. The summed E-state index contributed by atoms with van der Waals surface area (Å²) in [5.41, 5.74) is -0.763. The molecule has 0 saturated heterocycles. The zero-order valence-electron chi connectivity index (χ0n) is 11.2. The number of hydrogen-bond donors (Lipinski definition) is 2. The van der Waals surface area contributed by atoms with Gasteiger partial charge in [-0.15, -0.1) is 0 Å². The molecule has 3 rings (SSSR count). The third-order valence-electron chi connectivity index (χ3n) is 4.48. The predicted molar refractivity (Wildman–Crippen MR) is 74.6 cm³/mol. The second-order valence-corrected chi connectivity index (χ2v) is 6.22. The minimum atomic E-state index is -1.12. The largest absolute Gasteiger partial charge is 0.480 e. The summed E-state index contributed by atoms with van der Waals surface area (Å²) in [6.07, 6.45) is 2.19. The third kappa shape index (κ3) is 2.39. The van der Waals surface area contributed by atoms with Gasteiger partial charge in [0.15, 0.2) is 0 Å². The van der Waals surface area contributed by atoms with Crippen LogP contribution in [0.15, 0.2) is 18.2 Å². The Hall–Kier alpha value is -1.62. The fourth-order valence-electron chi connectivity index (χ4n) is 2.92. The zero-order chi connectivity index (χ0) is 15.2. The minimum Gasteiger partial charge on any atom is -0.480 e. The Balaban J connectivity index is 1.71. The summed E-state index contributed by atoms with van der Waals surface area (Å²) in [4.78, 5) is 23.4. The number of benzene rings is 1. The molecule has 0 spiro atoms. The number of rotatable bonds is 4. The van der Waals surface area contributed by atoms with Crippen molar-refractivity contribution in [1.29, 1.82) is 0 Å². The highest BCUT2D eigenvalue weighted by Gasteiger charge is 2.51. The Morgan fingerprint density at radius 1 is 1.38 bits per heavy atom. The predicted octanol–water partition coefficient (Wildman–Crippen LogP) is 2.71. The van der Waals surface area contributed by atoms with Crippen LogP contribution in [0, 0.1) is 11.7 Å². The summed E-state index contributed by atoms with van der Waals surface area (Å²) < 4.78 is 13.8. The van der Waals surface area contributed by atoms with Gasteiger partial charge in [0.25, 0.3) is 0 Å². The van der Waals surface area contributed by atoms with Gasteiger partial charge >= 0.3 is 5.97 Å². The number of nitrogens with one attached hydrogen (secondary N) is 1. The van der Waals surface area contributed by atoms with Crippen LogP contribution in [0.5, 0.6) is 0 Å². The fraction of sp³-hybridized carbons (Fsp3) is 0.467. The molecule has 1 aromatic rings. The van der Waals surface area contributed by atoms with E-state index < -0.39 is 23.2 Å². The molecular weight excluding hydrogens is 297 g/mol. The molecule has 0 unspecified atom stereocenters. The Morgan fingerprint density at radius 3 is 2.62 bits per heavy atom. The summed E-state index contributed by atoms with van der Waals surface area (Å²) in [5, 5.41) is 12.1. The number of aliphatic carboxylic acids is 1. The van der Waals surface area contributed by atoms with Crippen LogP contribution in [0.3, 0.4) is 0 Å². The summed E-state index contributed by atoms with van der Waals surface area (Å²) >= 11 is 5.99. The maximum absolute atomic E-state index is 13.8. The van der Waals surface area contributed by atoms with Crippen molar-refractivity contribution in [3.8, 4) is 0 Å². The second-order valence-electron chi connectivity index (χ2n) is 5.81. The number of hydrogen-bond acceptors (Lipinski definition) is 2. The van der Waals surface area contributed by atoms with Crippen LogP contribution in [-0.4, -0.2) is 22.5 Å².